The number of amides is 1. The number of carbonyl (C=O) groups excluding carboxylic acids is 1. The maximum absolute atomic E-state index is 12.5. The second kappa shape index (κ2) is 6.98. The molecule has 1 saturated heterocycles. The van der Waals surface area contributed by atoms with Crippen molar-refractivity contribution < 1.29 is 9.53 Å². The molecular formula is C15H14BrClN2O2S. The summed E-state index contributed by atoms with van der Waals surface area (Å²) >= 11 is 10.9. The van der Waals surface area contributed by atoms with Gasteiger partial charge in [0.25, 0.3) is 5.91 Å². The van der Waals surface area contributed by atoms with Crippen LogP contribution < -0.4 is 4.74 Å². The molecule has 1 amide bonds. The summed E-state index contributed by atoms with van der Waals surface area (Å²) in [7, 11) is 0. The van der Waals surface area contributed by atoms with Crippen LogP contribution in [0, 0.1) is 0 Å². The van der Waals surface area contributed by atoms with Gasteiger partial charge in [-0.25, -0.2) is 0 Å². The Hall–Kier alpha value is -1.11. The summed E-state index contributed by atoms with van der Waals surface area (Å²) in [4.78, 5) is 19.0. The van der Waals surface area contributed by atoms with Gasteiger partial charge in [0.1, 0.15) is 16.9 Å². The maximum Gasteiger partial charge on any atom is 0.264 e. The first kappa shape index (κ1) is 15.8. The molecule has 1 aliphatic heterocycles. The van der Waals surface area contributed by atoms with Gasteiger partial charge in [0.15, 0.2) is 0 Å². The van der Waals surface area contributed by atoms with Crippen molar-refractivity contribution in [3.63, 3.8) is 0 Å². The van der Waals surface area contributed by atoms with Crippen molar-refractivity contribution in [1.29, 1.82) is 0 Å². The van der Waals surface area contributed by atoms with Crippen LogP contribution in [0.1, 0.15) is 22.5 Å². The van der Waals surface area contributed by atoms with E-state index in [1.165, 1.54) is 11.3 Å². The molecule has 2 aromatic heterocycles. The molecule has 0 aromatic carbocycles. The number of ether oxygens (including phenoxy) is 1. The van der Waals surface area contributed by atoms with Gasteiger partial charge in [-0.15, -0.1) is 11.3 Å². The first-order valence-electron chi connectivity index (χ1n) is 6.93. The van der Waals surface area contributed by atoms with E-state index < -0.39 is 0 Å². The van der Waals surface area contributed by atoms with Gasteiger partial charge in [0.05, 0.1) is 11.4 Å². The standard InChI is InChI=1S/C15H14BrClN2O2S/c16-10-6-14(22-9-10)15(20)19-5-1-2-11(8-19)21-13-3-4-18-7-12(13)17/h3-4,6-7,9,11H,1-2,5,8H2. The van der Waals surface area contributed by atoms with Crippen molar-refractivity contribution in [2.24, 2.45) is 0 Å². The zero-order chi connectivity index (χ0) is 15.5. The van der Waals surface area contributed by atoms with Crippen LogP contribution >= 0.6 is 38.9 Å². The van der Waals surface area contributed by atoms with E-state index in [9.17, 15) is 4.79 Å². The highest BCUT2D eigenvalue weighted by Gasteiger charge is 2.26. The van der Waals surface area contributed by atoms with Gasteiger partial charge >= 0.3 is 0 Å². The van der Waals surface area contributed by atoms with E-state index in [0.717, 1.165) is 28.7 Å². The first-order chi connectivity index (χ1) is 10.6. The van der Waals surface area contributed by atoms with Gasteiger partial charge < -0.3 is 9.64 Å². The fraction of sp³-hybridized carbons (Fsp3) is 0.333. The third-order valence-electron chi connectivity index (χ3n) is 3.47. The van der Waals surface area contributed by atoms with Gasteiger partial charge in [0, 0.05) is 34.9 Å². The van der Waals surface area contributed by atoms with Gasteiger partial charge in [0.2, 0.25) is 0 Å². The van der Waals surface area contributed by atoms with E-state index >= 15 is 0 Å². The number of halogens is 2. The van der Waals surface area contributed by atoms with E-state index in [0.29, 0.717) is 17.3 Å². The molecule has 0 aliphatic carbocycles. The minimum atomic E-state index is -0.0407. The Kier molecular flexibility index (Phi) is 5.00. The smallest absolute Gasteiger partial charge is 0.264 e. The van der Waals surface area contributed by atoms with Gasteiger partial charge in [-0.05, 0) is 34.8 Å². The molecule has 7 heteroatoms. The van der Waals surface area contributed by atoms with Crippen LogP contribution in [0.4, 0.5) is 0 Å². The average Bonchev–Trinajstić information content (AvgIpc) is 2.96. The summed E-state index contributed by atoms with van der Waals surface area (Å²) in [6.07, 6.45) is 5.01. The van der Waals surface area contributed by atoms with Crippen LogP contribution in [-0.4, -0.2) is 35.0 Å². The molecule has 1 fully saturated rings. The van der Waals surface area contributed by atoms with Gasteiger partial charge in [-0.2, -0.15) is 0 Å². The normalized spacial score (nSPS) is 18.3. The van der Waals surface area contributed by atoms with E-state index in [4.69, 9.17) is 16.3 Å². The largest absolute Gasteiger partial charge is 0.487 e. The monoisotopic (exact) mass is 400 g/mol. The summed E-state index contributed by atoms with van der Waals surface area (Å²) < 4.78 is 6.87. The topological polar surface area (TPSA) is 42.4 Å². The predicted octanol–water partition coefficient (Wildman–Crippen LogP) is 4.24. The van der Waals surface area contributed by atoms with Crippen molar-refractivity contribution in [1.82, 2.24) is 9.88 Å². The molecule has 0 saturated carbocycles. The lowest BCUT2D eigenvalue weighted by molar-refractivity contribution is 0.0542. The predicted molar refractivity (Wildman–Crippen MR) is 90.8 cm³/mol. The zero-order valence-corrected chi connectivity index (χ0v) is 14.8. The number of aromatic nitrogens is 1. The van der Waals surface area contributed by atoms with E-state index in [2.05, 4.69) is 20.9 Å². The Morgan fingerprint density at radius 3 is 3.14 bits per heavy atom. The van der Waals surface area contributed by atoms with Crippen molar-refractivity contribution >= 4 is 44.8 Å². The summed E-state index contributed by atoms with van der Waals surface area (Å²) in [5.74, 6) is 0.680. The van der Waals surface area contributed by atoms with Crippen molar-refractivity contribution in [3.8, 4) is 5.75 Å². The summed E-state index contributed by atoms with van der Waals surface area (Å²) in [6.45, 7) is 1.34. The Morgan fingerprint density at radius 1 is 1.55 bits per heavy atom. The minimum absolute atomic E-state index is 0.0407. The molecule has 1 unspecified atom stereocenters. The Balaban J connectivity index is 1.67. The zero-order valence-electron chi connectivity index (χ0n) is 11.7. The molecule has 0 N–H and O–H groups in total. The first-order valence-corrected chi connectivity index (χ1v) is 8.98. The number of likely N-dealkylation sites (tertiary alicyclic amines) is 1. The van der Waals surface area contributed by atoms with Crippen molar-refractivity contribution in [2.75, 3.05) is 13.1 Å². The lowest BCUT2D eigenvalue weighted by Crippen LogP contribution is -2.44. The van der Waals surface area contributed by atoms with Crippen LogP contribution in [-0.2, 0) is 0 Å². The fourth-order valence-electron chi connectivity index (χ4n) is 2.44. The SMILES string of the molecule is O=C(c1cc(Br)cs1)N1CCCC(Oc2ccncc2Cl)C1. The molecule has 0 radical (unpaired) electrons. The molecule has 3 rings (SSSR count). The molecule has 2 aromatic rings. The van der Waals surface area contributed by atoms with Crippen LogP contribution in [0.5, 0.6) is 5.75 Å². The minimum Gasteiger partial charge on any atom is -0.487 e. The fourth-order valence-corrected chi connectivity index (χ4v) is 3.99. The maximum atomic E-state index is 12.5. The number of rotatable bonds is 3. The summed E-state index contributed by atoms with van der Waals surface area (Å²) in [6, 6.07) is 3.61. The summed E-state index contributed by atoms with van der Waals surface area (Å²) in [5, 5.41) is 2.41. The third-order valence-corrected chi connectivity index (χ3v) is 5.44. The van der Waals surface area contributed by atoms with Crippen LogP contribution in [0.25, 0.3) is 0 Å². The second-order valence-corrected chi connectivity index (χ2v) is 7.30. The molecule has 4 nitrogen and oxygen atoms in total. The van der Waals surface area contributed by atoms with Crippen LogP contribution in [0.3, 0.4) is 0 Å². The molecule has 0 spiro atoms. The Bertz CT molecular complexity index is 679. The molecule has 0 bridgehead atoms. The Morgan fingerprint density at radius 2 is 2.41 bits per heavy atom. The molecule has 1 aliphatic rings. The third kappa shape index (κ3) is 3.62. The molecule has 1 atom stereocenters. The second-order valence-electron chi connectivity index (χ2n) is 5.07. The lowest BCUT2D eigenvalue weighted by atomic mass is 10.1. The van der Waals surface area contributed by atoms with E-state index in [-0.39, 0.29) is 12.0 Å². The number of carbonyl (C=O) groups is 1. The van der Waals surface area contributed by atoms with E-state index in [1.54, 1.807) is 18.5 Å². The number of nitrogens with zero attached hydrogens (tertiary/aromatic N) is 2. The average molecular weight is 402 g/mol. The number of piperidine rings is 1. The quantitative estimate of drug-likeness (QED) is 0.772. The Labute approximate surface area is 146 Å². The number of thiophene rings is 1. The highest BCUT2D eigenvalue weighted by atomic mass is 79.9. The van der Waals surface area contributed by atoms with Gasteiger partial charge in [-0.1, -0.05) is 11.6 Å². The van der Waals surface area contributed by atoms with Crippen LogP contribution in [0.15, 0.2) is 34.4 Å². The highest BCUT2D eigenvalue weighted by Crippen LogP contribution is 2.27. The van der Waals surface area contributed by atoms with Crippen LogP contribution in [0.2, 0.25) is 5.02 Å². The van der Waals surface area contributed by atoms with Crippen molar-refractivity contribution in [2.45, 2.75) is 18.9 Å². The molecule has 116 valence electrons. The summed E-state index contributed by atoms with van der Waals surface area (Å²) in [5.41, 5.74) is 0. The molecular weight excluding hydrogens is 388 g/mol. The highest BCUT2D eigenvalue weighted by molar-refractivity contribution is 9.10. The number of pyridine rings is 1. The number of hydrogen-bond donors (Lipinski definition) is 0. The van der Waals surface area contributed by atoms with E-state index in [1.807, 2.05) is 16.3 Å². The number of hydrogen-bond acceptors (Lipinski definition) is 4. The molecule has 3 heterocycles. The van der Waals surface area contributed by atoms with Crippen molar-refractivity contribution in [3.05, 3.63) is 44.3 Å². The molecule has 22 heavy (non-hydrogen) atoms. The lowest BCUT2D eigenvalue weighted by Gasteiger charge is -2.32. The van der Waals surface area contributed by atoms with Gasteiger partial charge in [-0.3, -0.25) is 9.78 Å².